The van der Waals surface area contributed by atoms with Crippen LogP contribution in [0.25, 0.3) is 0 Å². The van der Waals surface area contributed by atoms with E-state index in [1.54, 1.807) is 6.07 Å². The van der Waals surface area contributed by atoms with Gasteiger partial charge in [0.1, 0.15) is 18.4 Å². The molecule has 3 nitrogen and oxygen atoms in total. The van der Waals surface area contributed by atoms with Crippen LogP contribution in [0.4, 0.5) is 13.2 Å². The summed E-state index contributed by atoms with van der Waals surface area (Å²) in [4.78, 5) is 0. The first kappa shape index (κ1) is 16.3. The molecule has 0 unspecified atom stereocenters. The highest BCUT2D eigenvalue weighted by atomic mass is 19.4. The summed E-state index contributed by atoms with van der Waals surface area (Å²) in [6.07, 6.45) is -3.13. The van der Waals surface area contributed by atoms with Gasteiger partial charge in [-0.3, -0.25) is 0 Å². The highest BCUT2D eigenvalue weighted by Gasteiger charge is 2.31. The second-order valence-corrected chi connectivity index (χ2v) is 4.68. The lowest BCUT2D eigenvalue weighted by Crippen LogP contribution is -2.44. The van der Waals surface area contributed by atoms with Gasteiger partial charge in [0.15, 0.2) is 0 Å². The van der Waals surface area contributed by atoms with Crippen LogP contribution >= 0.6 is 0 Å². The van der Waals surface area contributed by atoms with E-state index in [-0.39, 0.29) is 17.9 Å². The van der Waals surface area contributed by atoms with Crippen LogP contribution in [0.3, 0.4) is 0 Å². The minimum atomic E-state index is -4.48. The molecule has 0 atom stereocenters. The van der Waals surface area contributed by atoms with Gasteiger partial charge in [-0.15, -0.1) is 0 Å². The lowest BCUT2D eigenvalue weighted by Gasteiger charge is -2.26. The third-order valence-electron chi connectivity index (χ3n) is 3.35. The number of benzene rings is 1. The molecule has 0 radical (unpaired) electrons. The molecule has 0 heterocycles. The molecular weight excluding hydrogens is 269 g/mol. The summed E-state index contributed by atoms with van der Waals surface area (Å²) < 4.78 is 43.1. The predicted molar refractivity (Wildman–Crippen MR) is 69.2 cm³/mol. The summed E-state index contributed by atoms with van der Waals surface area (Å²) in [7, 11) is 0. The number of ether oxygens (including phenoxy) is 1. The van der Waals surface area contributed by atoms with Gasteiger partial charge in [0, 0.05) is 5.54 Å². The van der Waals surface area contributed by atoms with E-state index in [2.05, 4.69) is 0 Å². The first-order chi connectivity index (χ1) is 9.25. The van der Waals surface area contributed by atoms with Crippen molar-refractivity contribution in [2.45, 2.75) is 38.4 Å². The Morgan fingerprint density at radius 1 is 1.25 bits per heavy atom. The molecule has 0 bridgehead atoms. The Kier molecular flexibility index (Phi) is 5.01. The van der Waals surface area contributed by atoms with Crippen molar-refractivity contribution in [2.75, 3.05) is 6.61 Å². The van der Waals surface area contributed by atoms with Gasteiger partial charge >= 0.3 is 6.18 Å². The maximum Gasteiger partial charge on any atom is 0.416 e. The molecule has 6 heteroatoms. The molecule has 20 heavy (non-hydrogen) atoms. The lowest BCUT2D eigenvalue weighted by molar-refractivity contribution is -0.137. The van der Waals surface area contributed by atoms with Gasteiger partial charge in [0.25, 0.3) is 0 Å². The summed E-state index contributed by atoms with van der Waals surface area (Å²) >= 11 is 0. The van der Waals surface area contributed by atoms with Crippen molar-refractivity contribution in [3.8, 4) is 11.8 Å². The molecule has 0 spiro atoms. The summed E-state index contributed by atoms with van der Waals surface area (Å²) in [5.74, 6) is 0.122. The Labute approximate surface area is 116 Å². The molecule has 0 saturated carbocycles. The Hall–Kier alpha value is -1.74. The predicted octanol–water partition coefficient (Wildman–Crippen LogP) is 3.47. The molecule has 0 aliphatic carbocycles. The third-order valence-corrected chi connectivity index (χ3v) is 3.35. The highest BCUT2D eigenvalue weighted by molar-refractivity contribution is 5.46. The number of nitriles is 1. The molecule has 0 aromatic heterocycles. The van der Waals surface area contributed by atoms with Crippen molar-refractivity contribution in [3.05, 3.63) is 29.3 Å². The van der Waals surface area contributed by atoms with Crippen molar-refractivity contribution in [1.29, 1.82) is 5.26 Å². The topological polar surface area (TPSA) is 59.0 Å². The summed E-state index contributed by atoms with van der Waals surface area (Å²) in [6.45, 7) is 3.97. The second-order valence-electron chi connectivity index (χ2n) is 4.68. The van der Waals surface area contributed by atoms with E-state index in [0.29, 0.717) is 12.8 Å². The minimum absolute atomic E-state index is 0.122. The van der Waals surface area contributed by atoms with E-state index in [1.165, 1.54) is 0 Å². The van der Waals surface area contributed by atoms with Gasteiger partial charge in [-0.25, -0.2) is 0 Å². The zero-order valence-electron chi connectivity index (χ0n) is 11.4. The number of nitrogens with zero attached hydrogens (tertiary/aromatic N) is 1. The lowest BCUT2D eigenvalue weighted by atomic mass is 9.95. The van der Waals surface area contributed by atoms with Crippen molar-refractivity contribution in [1.82, 2.24) is 0 Å². The molecule has 0 amide bonds. The van der Waals surface area contributed by atoms with Gasteiger partial charge in [-0.05, 0) is 31.0 Å². The van der Waals surface area contributed by atoms with Gasteiger partial charge in [-0.1, -0.05) is 13.8 Å². The molecule has 0 aliphatic heterocycles. The fourth-order valence-corrected chi connectivity index (χ4v) is 1.60. The second kappa shape index (κ2) is 6.14. The van der Waals surface area contributed by atoms with E-state index in [9.17, 15) is 13.2 Å². The number of hydrogen-bond donors (Lipinski definition) is 1. The first-order valence-corrected chi connectivity index (χ1v) is 6.28. The number of rotatable bonds is 5. The van der Waals surface area contributed by atoms with E-state index < -0.39 is 17.3 Å². The van der Waals surface area contributed by atoms with Crippen LogP contribution in [0.15, 0.2) is 18.2 Å². The van der Waals surface area contributed by atoms with Crippen LogP contribution in [-0.2, 0) is 6.18 Å². The van der Waals surface area contributed by atoms with Crippen LogP contribution in [0.5, 0.6) is 5.75 Å². The average molecular weight is 286 g/mol. The molecule has 1 aromatic carbocycles. The van der Waals surface area contributed by atoms with E-state index >= 15 is 0 Å². The fraction of sp³-hybridized carbons (Fsp3) is 0.500. The Balaban J connectivity index is 2.95. The van der Waals surface area contributed by atoms with Crippen LogP contribution in [-0.4, -0.2) is 12.1 Å². The Morgan fingerprint density at radius 2 is 1.85 bits per heavy atom. The average Bonchev–Trinajstić information content (AvgIpc) is 2.43. The maximum absolute atomic E-state index is 12.5. The van der Waals surface area contributed by atoms with Crippen molar-refractivity contribution in [2.24, 2.45) is 5.73 Å². The molecule has 0 fully saturated rings. The highest BCUT2D eigenvalue weighted by Crippen LogP contribution is 2.32. The van der Waals surface area contributed by atoms with Gasteiger partial charge < -0.3 is 10.5 Å². The summed E-state index contributed by atoms with van der Waals surface area (Å²) in [6, 6.07) is 4.55. The van der Waals surface area contributed by atoms with Crippen molar-refractivity contribution >= 4 is 0 Å². The number of nitrogens with two attached hydrogens (primary N) is 1. The van der Waals surface area contributed by atoms with E-state index in [1.807, 2.05) is 13.8 Å². The third kappa shape index (κ3) is 3.87. The molecular formula is C14H17F3N2O. The Bertz CT molecular complexity index is 502. The summed E-state index contributed by atoms with van der Waals surface area (Å²) in [5, 5.41) is 8.92. The Morgan fingerprint density at radius 3 is 2.30 bits per heavy atom. The zero-order chi connectivity index (χ0) is 15.4. The molecule has 2 N–H and O–H groups in total. The van der Waals surface area contributed by atoms with Crippen molar-refractivity contribution < 1.29 is 17.9 Å². The SMILES string of the molecule is CCC(N)(CC)COc1ccc(C(F)(F)F)cc1C#N. The molecule has 110 valence electrons. The smallest absolute Gasteiger partial charge is 0.416 e. The molecule has 1 aromatic rings. The van der Waals surface area contributed by atoms with Gasteiger partial charge in [0.2, 0.25) is 0 Å². The first-order valence-electron chi connectivity index (χ1n) is 6.28. The van der Waals surface area contributed by atoms with E-state index in [0.717, 1.165) is 18.2 Å². The van der Waals surface area contributed by atoms with Gasteiger partial charge in [0.05, 0.1) is 11.1 Å². The minimum Gasteiger partial charge on any atom is -0.490 e. The van der Waals surface area contributed by atoms with Crippen molar-refractivity contribution in [3.63, 3.8) is 0 Å². The molecule has 0 saturated heterocycles. The normalized spacial score (nSPS) is 12.1. The monoisotopic (exact) mass is 286 g/mol. The number of hydrogen-bond acceptors (Lipinski definition) is 3. The van der Waals surface area contributed by atoms with Crippen LogP contribution in [0.1, 0.15) is 37.8 Å². The molecule has 0 aliphatic rings. The standard InChI is InChI=1S/C14H17F3N2O/c1-3-13(19,4-2)9-20-12-6-5-11(14(15,16)17)7-10(12)8-18/h5-7H,3-4,9,19H2,1-2H3. The van der Waals surface area contributed by atoms with Crippen LogP contribution in [0.2, 0.25) is 0 Å². The van der Waals surface area contributed by atoms with Crippen LogP contribution in [0, 0.1) is 11.3 Å². The largest absolute Gasteiger partial charge is 0.490 e. The maximum atomic E-state index is 12.5. The number of halogens is 3. The zero-order valence-corrected chi connectivity index (χ0v) is 11.4. The molecule has 1 rings (SSSR count). The van der Waals surface area contributed by atoms with Crippen LogP contribution < -0.4 is 10.5 Å². The fourth-order valence-electron chi connectivity index (χ4n) is 1.60. The summed E-state index contributed by atoms with van der Waals surface area (Å²) in [5.41, 5.74) is 4.49. The van der Waals surface area contributed by atoms with Gasteiger partial charge in [-0.2, -0.15) is 18.4 Å². The quantitative estimate of drug-likeness (QED) is 0.901. The number of alkyl halides is 3. The van der Waals surface area contributed by atoms with E-state index in [4.69, 9.17) is 15.7 Å².